The molecule has 13 heavy (non-hydrogen) atoms. The Morgan fingerprint density at radius 2 is 2.46 bits per heavy atom. The molecule has 0 aromatic carbocycles. The first-order valence-corrected chi connectivity index (χ1v) is 3.64. The zero-order valence-corrected chi connectivity index (χ0v) is 7.40. The molecule has 0 bridgehead atoms. The molecule has 1 heterocycles. The number of tetrazole rings is 1. The van der Waals surface area contributed by atoms with E-state index >= 15 is 0 Å². The van der Waals surface area contributed by atoms with E-state index in [9.17, 15) is 4.79 Å². The summed E-state index contributed by atoms with van der Waals surface area (Å²) in [6.07, 6.45) is 0. The van der Waals surface area contributed by atoms with Gasteiger partial charge in [-0.05, 0) is 12.8 Å². The van der Waals surface area contributed by atoms with Crippen molar-refractivity contribution in [3.63, 3.8) is 0 Å². The molecular weight excluding hydrogens is 170 g/mol. The summed E-state index contributed by atoms with van der Waals surface area (Å²) in [5, 5.41) is 13.1. The molecule has 6 nitrogen and oxygen atoms in total. The number of amides is 1. The third-order valence-electron chi connectivity index (χ3n) is 1.35. The van der Waals surface area contributed by atoms with E-state index in [0.717, 1.165) is 0 Å². The van der Waals surface area contributed by atoms with Crippen LogP contribution in [0.3, 0.4) is 0 Å². The van der Waals surface area contributed by atoms with Crippen molar-refractivity contribution in [3.8, 4) is 11.8 Å². The molecule has 1 aromatic heterocycles. The van der Waals surface area contributed by atoms with Gasteiger partial charge in [-0.2, -0.15) is 5.21 Å². The van der Waals surface area contributed by atoms with E-state index in [-0.39, 0.29) is 5.91 Å². The number of H-pyrrole nitrogens is 1. The molecule has 1 aromatic rings. The Kier molecular flexibility index (Phi) is 2.97. The molecule has 1 amide bonds. The number of carbonyl (C=O) groups is 1. The molecular formula is C7H9N5O. The van der Waals surface area contributed by atoms with E-state index in [1.54, 1.807) is 14.0 Å². The summed E-state index contributed by atoms with van der Waals surface area (Å²) in [5.74, 6) is 5.14. The van der Waals surface area contributed by atoms with Crippen molar-refractivity contribution >= 4 is 5.91 Å². The number of aromatic nitrogens is 4. The number of aromatic amines is 1. The molecule has 1 rings (SSSR count). The molecule has 0 saturated carbocycles. The van der Waals surface area contributed by atoms with E-state index in [4.69, 9.17) is 0 Å². The van der Waals surface area contributed by atoms with Gasteiger partial charge in [0.25, 0.3) is 5.91 Å². The van der Waals surface area contributed by atoms with Crippen molar-refractivity contribution < 1.29 is 4.79 Å². The van der Waals surface area contributed by atoms with Gasteiger partial charge in [-0.1, -0.05) is 11.1 Å². The molecule has 0 fully saturated rings. The Morgan fingerprint density at radius 3 is 3.00 bits per heavy atom. The Bertz CT molecular complexity index is 334. The normalized spacial score (nSPS) is 8.77. The van der Waals surface area contributed by atoms with Crippen LogP contribution in [0.1, 0.15) is 12.7 Å². The maximum Gasteiger partial charge on any atom is 0.298 e. The Labute approximate surface area is 75.3 Å². The predicted octanol–water partition coefficient (Wildman–Crippen LogP) is -0.819. The van der Waals surface area contributed by atoms with Crippen LogP contribution < -0.4 is 0 Å². The highest BCUT2D eigenvalue weighted by Gasteiger charge is 2.08. The fourth-order valence-electron chi connectivity index (χ4n) is 0.736. The summed E-state index contributed by atoms with van der Waals surface area (Å²) < 4.78 is 0. The van der Waals surface area contributed by atoms with E-state index in [1.807, 2.05) is 0 Å². The first-order valence-electron chi connectivity index (χ1n) is 3.64. The quantitative estimate of drug-likeness (QED) is 0.602. The van der Waals surface area contributed by atoms with Gasteiger partial charge >= 0.3 is 0 Å². The lowest BCUT2D eigenvalue weighted by Gasteiger charge is -2.09. The second-order valence-corrected chi connectivity index (χ2v) is 2.36. The maximum atomic E-state index is 11.1. The smallest absolute Gasteiger partial charge is 0.298 e. The molecule has 0 aliphatic rings. The molecule has 0 saturated heterocycles. The third kappa shape index (κ3) is 2.56. The van der Waals surface area contributed by atoms with Crippen molar-refractivity contribution in [3.05, 3.63) is 5.82 Å². The summed E-state index contributed by atoms with van der Waals surface area (Å²) in [7, 11) is 1.63. The lowest BCUT2D eigenvalue weighted by molar-refractivity contribution is -0.124. The molecule has 1 N–H and O–H groups in total. The monoisotopic (exact) mass is 179 g/mol. The van der Waals surface area contributed by atoms with Gasteiger partial charge in [0.15, 0.2) is 5.82 Å². The van der Waals surface area contributed by atoms with Crippen LogP contribution in [0, 0.1) is 11.8 Å². The predicted molar refractivity (Wildman–Crippen MR) is 44.1 cm³/mol. The van der Waals surface area contributed by atoms with Gasteiger partial charge in [0.05, 0.1) is 6.54 Å². The van der Waals surface area contributed by atoms with Crippen LogP contribution in [0.5, 0.6) is 0 Å². The zero-order chi connectivity index (χ0) is 9.68. The van der Waals surface area contributed by atoms with Crippen molar-refractivity contribution in [2.75, 3.05) is 7.05 Å². The zero-order valence-electron chi connectivity index (χ0n) is 7.40. The number of carbonyl (C=O) groups excluding carboxylic acids is 1. The van der Waals surface area contributed by atoms with Crippen molar-refractivity contribution in [1.82, 2.24) is 25.5 Å². The highest BCUT2D eigenvalue weighted by atomic mass is 16.2. The second-order valence-electron chi connectivity index (χ2n) is 2.36. The standard InChI is InChI=1S/C7H9N5O/c1-3-4-7(13)12(2)5-6-8-10-11-9-6/h5H2,1-2H3,(H,8,9,10,11). The Morgan fingerprint density at radius 1 is 1.69 bits per heavy atom. The fourth-order valence-corrected chi connectivity index (χ4v) is 0.736. The molecule has 68 valence electrons. The van der Waals surface area contributed by atoms with Gasteiger partial charge in [-0.3, -0.25) is 4.79 Å². The molecule has 0 atom stereocenters. The minimum Gasteiger partial charge on any atom is -0.327 e. The van der Waals surface area contributed by atoms with Gasteiger partial charge in [0.1, 0.15) is 0 Å². The lowest BCUT2D eigenvalue weighted by Crippen LogP contribution is -2.25. The van der Waals surface area contributed by atoms with E-state index < -0.39 is 0 Å². The molecule has 0 spiro atoms. The average Bonchev–Trinajstić information content (AvgIpc) is 2.57. The molecule has 0 aliphatic heterocycles. The summed E-state index contributed by atoms with van der Waals surface area (Å²) >= 11 is 0. The Hall–Kier alpha value is -1.90. The summed E-state index contributed by atoms with van der Waals surface area (Å²) in [4.78, 5) is 12.6. The van der Waals surface area contributed by atoms with E-state index in [2.05, 4.69) is 32.5 Å². The number of nitrogens with one attached hydrogen (secondary N) is 1. The van der Waals surface area contributed by atoms with E-state index in [0.29, 0.717) is 12.4 Å². The number of hydrogen-bond acceptors (Lipinski definition) is 4. The largest absolute Gasteiger partial charge is 0.327 e. The SMILES string of the molecule is CC#CC(=O)N(C)Cc1nn[nH]n1. The highest BCUT2D eigenvalue weighted by molar-refractivity contribution is 5.93. The number of hydrogen-bond donors (Lipinski definition) is 1. The van der Waals surface area contributed by atoms with Crippen molar-refractivity contribution in [1.29, 1.82) is 0 Å². The topological polar surface area (TPSA) is 74.8 Å². The van der Waals surface area contributed by atoms with Crippen LogP contribution >= 0.6 is 0 Å². The average molecular weight is 179 g/mol. The lowest BCUT2D eigenvalue weighted by atomic mass is 10.4. The van der Waals surface area contributed by atoms with Crippen LogP contribution in [0.4, 0.5) is 0 Å². The third-order valence-corrected chi connectivity index (χ3v) is 1.35. The van der Waals surface area contributed by atoms with Gasteiger partial charge in [-0.25, -0.2) is 0 Å². The highest BCUT2D eigenvalue weighted by Crippen LogP contribution is 1.92. The van der Waals surface area contributed by atoms with Crippen LogP contribution in [0.25, 0.3) is 0 Å². The summed E-state index contributed by atoms with van der Waals surface area (Å²) in [6, 6.07) is 0. The second kappa shape index (κ2) is 4.21. The maximum absolute atomic E-state index is 11.1. The van der Waals surface area contributed by atoms with Gasteiger partial charge in [0, 0.05) is 7.05 Å². The van der Waals surface area contributed by atoms with E-state index in [1.165, 1.54) is 4.90 Å². The van der Waals surface area contributed by atoms with Crippen LogP contribution in [0.15, 0.2) is 0 Å². The van der Waals surface area contributed by atoms with Gasteiger partial charge in [0.2, 0.25) is 0 Å². The molecule has 0 unspecified atom stereocenters. The molecule has 6 heteroatoms. The number of nitrogens with zero attached hydrogens (tertiary/aromatic N) is 4. The molecule has 0 aliphatic carbocycles. The van der Waals surface area contributed by atoms with Crippen molar-refractivity contribution in [2.45, 2.75) is 13.5 Å². The van der Waals surface area contributed by atoms with Crippen LogP contribution in [-0.4, -0.2) is 38.5 Å². The molecule has 0 radical (unpaired) electrons. The summed E-state index contributed by atoms with van der Waals surface area (Å²) in [6.45, 7) is 1.92. The first kappa shape index (κ1) is 9.19. The van der Waals surface area contributed by atoms with Crippen LogP contribution in [0.2, 0.25) is 0 Å². The van der Waals surface area contributed by atoms with Crippen LogP contribution in [-0.2, 0) is 11.3 Å². The number of rotatable bonds is 2. The van der Waals surface area contributed by atoms with Gasteiger partial charge in [-0.15, -0.1) is 10.2 Å². The summed E-state index contributed by atoms with van der Waals surface area (Å²) in [5.41, 5.74) is 0. The van der Waals surface area contributed by atoms with Gasteiger partial charge < -0.3 is 4.90 Å². The fraction of sp³-hybridized carbons (Fsp3) is 0.429. The minimum absolute atomic E-state index is 0.257. The van der Waals surface area contributed by atoms with Crippen molar-refractivity contribution in [2.24, 2.45) is 0 Å². The first-order chi connectivity index (χ1) is 6.24. The minimum atomic E-state index is -0.257. The Balaban J connectivity index is 2.54.